The Balaban J connectivity index is 2.59. The predicted octanol–water partition coefficient (Wildman–Crippen LogP) is 4.92. The van der Waals surface area contributed by atoms with Gasteiger partial charge in [-0.05, 0) is 19.8 Å². The summed E-state index contributed by atoms with van der Waals surface area (Å²) in [7, 11) is 2.91. The van der Waals surface area contributed by atoms with Gasteiger partial charge in [-0.1, -0.05) is 51.9 Å². The number of ether oxygens (including phenoxy) is 2. The number of hydrogen-bond donors (Lipinski definition) is 2. The molecule has 0 aromatic heterocycles. The monoisotopic (exact) mass is 323 g/mol. The standard InChI is InChI=1S/C19H31O4/c1-5-6-7-8-9-10-11-12-13-15-14(2)16(20)18(22-3)19(23-4)17(15)21/h20-21H,1,5-13H2,2-4H3. The molecule has 1 rings (SSSR count). The van der Waals surface area contributed by atoms with Crippen molar-refractivity contribution in [2.75, 3.05) is 14.2 Å². The summed E-state index contributed by atoms with van der Waals surface area (Å²) in [6, 6.07) is 0. The molecule has 0 fully saturated rings. The number of rotatable bonds is 11. The average molecular weight is 323 g/mol. The highest BCUT2D eigenvalue weighted by Gasteiger charge is 2.22. The first-order valence-electron chi connectivity index (χ1n) is 8.53. The van der Waals surface area contributed by atoms with E-state index in [-0.39, 0.29) is 23.0 Å². The van der Waals surface area contributed by atoms with E-state index in [4.69, 9.17) is 9.47 Å². The third-order valence-corrected chi connectivity index (χ3v) is 4.32. The van der Waals surface area contributed by atoms with Crippen LogP contribution in [0.2, 0.25) is 0 Å². The largest absolute Gasteiger partial charge is 0.504 e. The highest BCUT2D eigenvalue weighted by molar-refractivity contribution is 5.65. The molecule has 0 aliphatic rings. The molecule has 4 heteroatoms. The Morgan fingerprint density at radius 3 is 1.78 bits per heavy atom. The van der Waals surface area contributed by atoms with E-state index in [9.17, 15) is 10.2 Å². The zero-order chi connectivity index (χ0) is 17.2. The highest BCUT2D eigenvalue weighted by Crippen LogP contribution is 2.48. The first-order chi connectivity index (χ1) is 11.1. The van der Waals surface area contributed by atoms with Crippen LogP contribution < -0.4 is 9.47 Å². The summed E-state index contributed by atoms with van der Waals surface area (Å²) in [5.74, 6) is 0.524. The lowest BCUT2D eigenvalue weighted by atomic mass is 9.98. The summed E-state index contributed by atoms with van der Waals surface area (Å²) in [5, 5.41) is 20.6. The van der Waals surface area contributed by atoms with E-state index in [1.807, 2.05) is 0 Å². The van der Waals surface area contributed by atoms with Gasteiger partial charge in [0, 0.05) is 11.1 Å². The first kappa shape index (κ1) is 19.5. The predicted molar refractivity (Wildman–Crippen MR) is 93.6 cm³/mol. The molecule has 4 nitrogen and oxygen atoms in total. The molecule has 23 heavy (non-hydrogen) atoms. The van der Waals surface area contributed by atoms with Crippen molar-refractivity contribution in [3.05, 3.63) is 18.1 Å². The van der Waals surface area contributed by atoms with Gasteiger partial charge < -0.3 is 19.7 Å². The Kier molecular flexibility index (Phi) is 8.67. The molecule has 0 amide bonds. The van der Waals surface area contributed by atoms with E-state index >= 15 is 0 Å². The Morgan fingerprint density at radius 1 is 0.783 bits per heavy atom. The molecule has 0 aliphatic carbocycles. The molecule has 0 atom stereocenters. The Bertz CT molecular complexity index is 483. The van der Waals surface area contributed by atoms with Gasteiger partial charge in [-0.15, -0.1) is 0 Å². The van der Waals surface area contributed by atoms with E-state index in [2.05, 4.69) is 6.92 Å². The SMILES string of the molecule is [CH2]CCCCCCCCCc1c(C)c(O)c(OC)c(OC)c1O. The fourth-order valence-corrected chi connectivity index (χ4v) is 2.89. The Labute approximate surface area is 140 Å². The van der Waals surface area contributed by atoms with Crippen LogP contribution in [0.15, 0.2) is 0 Å². The quantitative estimate of drug-likeness (QED) is 0.448. The van der Waals surface area contributed by atoms with Gasteiger partial charge in [0.05, 0.1) is 14.2 Å². The molecule has 1 radical (unpaired) electrons. The number of methoxy groups -OCH3 is 2. The fourth-order valence-electron chi connectivity index (χ4n) is 2.89. The molecule has 1 aromatic rings. The Morgan fingerprint density at radius 2 is 1.26 bits per heavy atom. The van der Waals surface area contributed by atoms with Gasteiger partial charge in [0.2, 0.25) is 11.5 Å². The maximum absolute atomic E-state index is 10.4. The number of benzene rings is 1. The minimum Gasteiger partial charge on any atom is -0.504 e. The summed E-state index contributed by atoms with van der Waals surface area (Å²) >= 11 is 0. The van der Waals surface area contributed by atoms with Crippen molar-refractivity contribution in [2.24, 2.45) is 0 Å². The van der Waals surface area contributed by atoms with Crippen LogP contribution in [-0.2, 0) is 6.42 Å². The van der Waals surface area contributed by atoms with Crippen molar-refractivity contribution in [1.82, 2.24) is 0 Å². The van der Waals surface area contributed by atoms with E-state index < -0.39 is 0 Å². The maximum Gasteiger partial charge on any atom is 0.207 e. The molecule has 2 N–H and O–H groups in total. The van der Waals surface area contributed by atoms with Gasteiger partial charge in [0.1, 0.15) is 0 Å². The lowest BCUT2D eigenvalue weighted by molar-refractivity contribution is 0.313. The van der Waals surface area contributed by atoms with Crippen LogP contribution in [0.3, 0.4) is 0 Å². The minimum absolute atomic E-state index is 0.0466. The number of hydrogen-bond acceptors (Lipinski definition) is 4. The number of phenols is 2. The van der Waals surface area contributed by atoms with Gasteiger partial charge in [0.15, 0.2) is 11.5 Å². The van der Waals surface area contributed by atoms with Crippen molar-refractivity contribution in [1.29, 1.82) is 0 Å². The molecule has 0 aliphatic heterocycles. The zero-order valence-corrected chi connectivity index (χ0v) is 14.8. The molecule has 0 bridgehead atoms. The van der Waals surface area contributed by atoms with Gasteiger partial charge in [0.25, 0.3) is 0 Å². The van der Waals surface area contributed by atoms with Crippen LogP contribution in [0.1, 0.15) is 62.5 Å². The molecule has 0 heterocycles. The van der Waals surface area contributed by atoms with Crippen molar-refractivity contribution in [3.8, 4) is 23.0 Å². The fraction of sp³-hybridized carbons (Fsp3) is 0.632. The van der Waals surface area contributed by atoms with Crippen LogP contribution in [0.5, 0.6) is 23.0 Å². The van der Waals surface area contributed by atoms with Gasteiger partial charge in [-0.2, -0.15) is 0 Å². The number of unbranched alkanes of at least 4 members (excludes halogenated alkanes) is 7. The van der Waals surface area contributed by atoms with Gasteiger partial charge in [-0.25, -0.2) is 0 Å². The van der Waals surface area contributed by atoms with Crippen LogP contribution in [0, 0.1) is 13.8 Å². The highest BCUT2D eigenvalue weighted by atomic mass is 16.5. The molecular formula is C19H31O4. The summed E-state index contributed by atoms with van der Waals surface area (Å²) < 4.78 is 10.3. The molecule has 131 valence electrons. The second-order valence-corrected chi connectivity index (χ2v) is 5.95. The van der Waals surface area contributed by atoms with E-state index in [1.54, 1.807) is 6.92 Å². The van der Waals surface area contributed by atoms with Crippen molar-refractivity contribution < 1.29 is 19.7 Å². The van der Waals surface area contributed by atoms with E-state index in [0.29, 0.717) is 5.56 Å². The molecule has 0 saturated heterocycles. The lowest BCUT2D eigenvalue weighted by Gasteiger charge is -2.17. The summed E-state index contributed by atoms with van der Waals surface area (Å²) in [4.78, 5) is 0. The molecular weight excluding hydrogens is 292 g/mol. The molecule has 1 aromatic carbocycles. The van der Waals surface area contributed by atoms with Crippen LogP contribution in [-0.4, -0.2) is 24.4 Å². The normalized spacial score (nSPS) is 10.8. The minimum atomic E-state index is 0.0466. The average Bonchev–Trinajstić information content (AvgIpc) is 2.55. The van der Waals surface area contributed by atoms with Gasteiger partial charge >= 0.3 is 0 Å². The first-order valence-corrected chi connectivity index (χ1v) is 8.53. The van der Waals surface area contributed by atoms with Crippen LogP contribution in [0.25, 0.3) is 0 Å². The Hall–Kier alpha value is -1.58. The molecule has 0 saturated carbocycles. The summed E-state index contributed by atoms with van der Waals surface area (Å²) in [6.45, 7) is 5.65. The second kappa shape index (κ2) is 10.2. The molecule has 0 spiro atoms. The topological polar surface area (TPSA) is 58.9 Å². The second-order valence-electron chi connectivity index (χ2n) is 5.95. The van der Waals surface area contributed by atoms with Crippen molar-refractivity contribution in [3.63, 3.8) is 0 Å². The third kappa shape index (κ3) is 5.22. The maximum atomic E-state index is 10.4. The lowest BCUT2D eigenvalue weighted by Crippen LogP contribution is -1.99. The summed E-state index contributed by atoms with van der Waals surface area (Å²) in [6.07, 6.45) is 10.1. The van der Waals surface area contributed by atoms with Crippen molar-refractivity contribution in [2.45, 2.75) is 64.7 Å². The van der Waals surface area contributed by atoms with Crippen LogP contribution in [0.4, 0.5) is 0 Å². The number of aromatic hydroxyl groups is 2. The van der Waals surface area contributed by atoms with Gasteiger partial charge in [-0.3, -0.25) is 0 Å². The zero-order valence-electron chi connectivity index (χ0n) is 14.8. The summed E-state index contributed by atoms with van der Waals surface area (Å²) in [5.41, 5.74) is 1.41. The number of phenolic OH excluding ortho intramolecular Hbond substituents is 2. The van der Waals surface area contributed by atoms with E-state index in [1.165, 1.54) is 46.3 Å². The third-order valence-electron chi connectivity index (χ3n) is 4.32. The van der Waals surface area contributed by atoms with Crippen LogP contribution >= 0.6 is 0 Å². The van der Waals surface area contributed by atoms with Crippen molar-refractivity contribution >= 4 is 0 Å². The van der Waals surface area contributed by atoms with E-state index in [0.717, 1.165) is 31.2 Å². The smallest absolute Gasteiger partial charge is 0.207 e. The molecule has 0 unspecified atom stereocenters.